The Bertz CT molecular complexity index is 465. The minimum absolute atomic E-state index is 0.244. The van der Waals surface area contributed by atoms with E-state index in [0.717, 1.165) is 35.5 Å². The summed E-state index contributed by atoms with van der Waals surface area (Å²) in [5, 5.41) is 3.85. The van der Waals surface area contributed by atoms with Crippen molar-refractivity contribution in [3.63, 3.8) is 0 Å². The maximum Gasteiger partial charge on any atom is 0.119 e. The average molecular weight is 285 g/mol. The maximum absolute atomic E-state index is 5.73. The smallest absolute Gasteiger partial charge is 0.119 e. The molecule has 2 heteroatoms. The van der Waals surface area contributed by atoms with Crippen molar-refractivity contribution in [2.45, 2.75) is 58.1 Å². The third-order valence-electron chi connectivity index (χ3n) is 5.79. The summed E-state index contributed by atoms with van der Waals surface area (Å²) in [7, 11) is 0. The number of anilines is 1. The van der Waals surface area contributed by atoms with Gasteiger partial charge in [0.25, 0.3) is 0 Å². The van der Waals surface area contributed by atoms with Gasteiger partial charge in [0.05, 0.1) is 6.10 Å². The lowest BCUT2D eigenvalue weighted by atomic mass is 9.54. The van der Waals surface area contributed by atoms with Gasteiger partial charge in [0, 0.05) is 11.7 Å². The van der Waals surface area contributed by atoms with E-state index >= 15 is 0 Å². The second kappa shape index (κ2) is 5.23. The van der Waals surface area contributed by atoms with Crippen LogP contribution in [0.5, 0.6) is 5.75 Å². The SMILES string of the molecule is CC(C)Oc1ccc(NC2C3CC4CC(C3)CC2C4)cc1. The van der Waals surface area contributed by atoms with Crippen LogP contribution in [0.25, 0.3) is 0 Å². The van der Waals surface area contributed by atoms with E-state index in [-0.39, 0.29) is 6.10 Å². The second-order valence-corrected chi connectivity index (χ2v) is 7.79. The molecule has 0 radical (unpaired) electrons. The largest absolute Gasteiger partial charge is 0.491 e. The Kier molecular flexibility index (Phi) is 3.35. The molecule has 0 amide bonds. The van der Waals surface area contributed by atoms with Gasteiger partial charge in [-0.1, -0.05) is 0 Å². The molecule has 1 N–H and O–H groups in total. The van der Waals surface area contributed by atoms with E-state index in [9.17, 15) is 0 Å². The van der Waals surface area contributed by atoms with E-state index in [1.807, 2.05) is 0 Å². The number of benzene rings is 1. The van der Waals surface area contributed by atoms with Gasteiger partial charge >= 0.3 is 0 Å². The molecule has 2 nitrogen and oxygen atoms in total. The number of nitrogens with one attached hydrogen (secondary N) is 1. The standard InChI is InChI=1S/C19H27NO/c1-12(2)21-18-5-3-17(4-6-18)20-19-15-8-13-7-14(10-15)11-16(19)9-13/h3-6,12-16,19-20H,7-11H2,1-2H3. The molecule has 4 fully saturated rings. The number of hydrogen-bond acceptors (Lipinski definition) is 2. The monoisotopic (exact) mass is 285 g/mol. The van der Waals surface area contributed by atoms with Gasteiger partial charge < -0.3 is 10.1 Å². The third kappa shape index (κ3) is 2.65. The van der Waals surface area contributed by atoms with Crippen LogP contribution in [0.15, 0.2) is 24.3 Å². The van der Waals surface area contributed by atoms with E-state index in [2.05, 4.69) is 43.4 Å². The maximum atomic E-state index is 5.73. The highest BCUT2D eigenvalue weighted by Crippen LogP contribution is 2.54. The van der Waals surface area contributed by atoms with E-state index in [1.54, 1.807) is 0 Å². The van der Waals surface area contributed by atoms with Crippen LogP contribution in [0.1, 0.15) is 46.0 Å². The van der Waals surface area contributed by atoms with Gasteiger partial charge in [-0.15, -0.1) is 0 Å². The molecule has 114 valence electrons. The summed E-state index contributed by atoms with van der Waals surface area (Å²) in [6.07, 6.45) is 7.66. The molecule has 0 aromatic heterocycles. The fraction of sp³-hybridized carbons (Fsp3) is 0.684. The molecule has 4 saturated carbocycles. The summed E-state index contributed by atoms with van der Waals surface area (Å²) < 4.78 is 5.73. The lowest BCUT2D eigenvalue weighted by Gasteiger charge is -2.54. The van der Waals surface area contributed by atoms with Crippen LogP contribution in [0.2, 0.25) is 0 Å². The van der Waals surface area contributed by atoms with Crippen molar-refractivity contribution in [1.29, 1.82) is 0 Å². The minimum atomic E-state index is 0.244. The molecular weight excluding hydrogens is 258 g/mol. The van der Waals surface area contributed by atoms with Gasteiger partial charge in [-0.2, -0.15) is 0 Å². The number of hydrogen-bond donors (Lipinski definition) is 1. The van der Waals surface area contributed by atoms with Crippen molar-refractivity contribution >= 4 is 5.69 Å². The van der Waals surface area contributed by atoms with E-state index in [0.29, 0.717) is 0 Å². The topological polar surface area (TPSA) is 21.3 Å². The van der Waals surface area contributed by atoms with Gasteiger partial charge in [-0.05, 0) is 93.9 Å². The summed E-state index contributed by atoms with van der Waals surface area (Å²) in [5.41, 5.74) is 1.27. The summed E-state index contributed by atoms with van der Waals surface area (Å²) in [6, 6.07) is 9.28. The molecule has 5 rings (SSSR count). The highest BCUT2D eigenvalue weighted by molar-refractivity contribution is 5.47. The van der Waals surface area contributed by atoms with Crippen LogP contribution in [-0.2, 0) is 0 Å². The first-order valence-electron chi connectivity index (χ1n) is 8.70. The summed E-state index contributed by atoms with van der Waals surface area (Å²) >= 11 is 0. The molecule has 21 heavy (non-hydrogen) atoms. The molecule has 0 aliphatic heterocycles. The Labute approximate surface area is 128 Å². The van der Waals surface area contributed by atoms with E-state index in [4.69, 9.17) is 4.74 Å². The fourth-order valence-corrected chi connectivity index (χ4v) is 5.26. The normalized spacial score (nSPS) is 37.0. The number of rotatable bonds is 4. The zero-order valence-corrected chi connectivity index (χ0v) is 13.2. The first-order chi connectivity index (χ1) is 10.2. The molecule has 0 spiro atoms. The Morgan fingerprint density at radius 2 is 1.48 bits per heavy atom. The van der Waals surface area contributed by atoms with Gasteiger partial charge in [-0.3, -0.25) is 0 Å². The summed E-state index contributed by atoms with van der Waals surface area (Å²) in [4.78, 5) is 0. The highest BCUT2D eigenvalue weighted by Gasteiger charge is 2.48. The molecule has 1 aromatic carbocycles. The Morgan fingerprint density at radius 3 is 2.00 bits per heavy atom. The highest BCUT2D eigenvalue weighted by atomic mass is 16.5. The summed E-state index contributed by atoms with van der Waals surface area (Å²) in [5.74, 6) is 4.92. The molecule has 0 atom stereocenters. The van der Waals surface area contributed by atoms with Crippen molar-refractivity contribution < 1.29 is 4.74 Å². The quantitative estimate of drug-likeness (QED) is 0.865. The van der Waals surface area contributed by atoms with E-state index < -0.39 is 0 Å². The first kappa shape index (κ1) is 13.5. The van der Waals surface area contributed by atoms with Crippen LogP contribution in [0, 0.1) is 23.7 Å². The van der Waals surface area contributed by atoms with Gasteiger partial charge in [-0.25, -0.2) is 0 Å². The Balaban J connectivity index is 1.44. The van der Waals surface area contributed by atoms with Crippen LogP contribution >= 0.6 is 0 Å². The fourth-order valence-electron chi connectivity index (χ4n) is 5.26. The van der Waals surface area contributed by atoms with Gasteiger partial charge in [0.1, 0.15) is 5.75 Å². The average Bonchev–Trinajstić information content (AvgIpc) is 2.43. The zero-order chi connectivity index (χ0) is 14.4. The van der Waals surface area contributed by atoms with E-state index in [1.165, 1.54) is 37.8 Å². The molecule has 4 aliphatic carbocycles. The molecular formula is C19H27NO. The molecule has 0 heterocycles. The van der Waals surface area contributed by atoms with Crippen LogP contribution in [-0.4, -0.2) is 12.1 Å². The van der Waals surface area contributed by atoms with Crippen molar-refractivity contribution in [2.75, 3.05) is 5.32 Å². The molecule has 0 saturated heterocycles. The van der Waals surface area contributed by atoms with Gasteiger partial charge in [0.15, 0.2) is 0 Å². The Hall–Kier alpha value is -1.18. The van der Waals surface area contributed by atoms with Gasteiger partial charge in [0.2, 0.25) is 0 Å². The Morgan fingerprint density at radius 1 is 0.905 bits per heavy atom. The first-order valence-corrected chi connectivity index (χ1v) is 8.70. The number of ether oxygens (including phenoxy) is 1. The third-order valence-corrected chi connectivity index (χ3v) is 5.79. The second-order valence-electron chi connectivity index (χ2n) is 7.79. The van der Waals surface area contributed by atoms with Crippen molar-refractivity contribution in [3.05, 3.63) is 24.3 Å². The molecule has 1 aromatic rings. The minimum Gasteiger partial charge on any atom is -0.491 e. The predicted octanol–water partition coefficient (Wildman–Crippen LogP) is 4.71. The van der Waals surface area contributed by atoms with Crippen LogP contribution in [0.4, 0.5) is 5.69 Å². The molecule has 4 bridgehead atoms. The van der Waals surface area contributed by atoms with Crippen molar-refractivity contribution in [2.24, 2.45) is 23.7 Å². The van der Waals surface area contributed by atoms with Crippen LogP contribution < -0.4 is 10.1 Å². The van der Waals surface area contributed by atoms with Crippen molar-refractivity contribution in [1.82, 2.24) is 0 Å². The van der Waals surface area contributed by atoms with Crippen molar-refractivity contribution in [3.8, 4) is 5.75 Å². The molecule has 0 unspecified atom stereocenters. The molecule has 4 aliphatic rings. The zero-order valence-electron chi connectivity index (χ0n) is 13.2. The summed E-state index contributed by atoms with van der Waals surface area (Å²) in [6.45, 7) is 4.14. The lowest BCUT2D eigenvalue weighted by molar-refractivity contribution is 0.00754. The predicted molar refractivity (Wildman–Crippen MR) is 86.7 cm³/mol. The lowest BCUT2D eigenvalue weighted by Crippen LogP contribution is -2.51. The van der Waals surface area contributed by atoms with Crippen LogP contribution in [0.3, 0.4) is 0 Å².